The topological polar surface area (TPSA) is 78.9 Å². The third kappa shape index (κ3) is 8.11. The minimum atomic E-state index is -0.644. The zero-order valence-electron chi connectivity index (χ0n) is 17.0. The van der Waals surface area contributed by atoms with E-state index in [1.807, 2.05) is 12.1 Å². The molecule has 0 bridgehead atoms. The zero-order chi connectivity index (χ0) is 21.6. The number of nitrogens with one attached hydrogen (secondary N) is 1. The first-order valence-corrected chi connectivity index (χ1v) is 10.3. The van der Waals surface area contributed by atoms with Gasteiger partial charge < -0.3 is 19.9 Å². The molecular formula is C20H27Cl2N3O4. The summed E-state index contributed by atoms with van der Waals surface area (Å²) in [6.45, 7) is 7.54. The minimum absolute atomic E-state index is 0.0700. The number of ether oxygens (including phenoxy) is 1. The monoisotopic (exact) mass is 443 g/mol. The molecule has 0 atom stereocenters. The van der Waals surface area contributed by atoms with Crippen molar-refractivity contribution in [1.29, 1.82) is 0 Å². The second-order valence-corrected chi connectivity index (χ2v) is 8.76. The predicted octanol–water partition coefficient (Wildman–Crippen LogP) is 3.52. The summed E-state index contributed by atoms with van der Waals surface area (Å²) in [5.41, 5.74) is 0.305. The van der Waals surface area contributed by atoms with Crippen LogP contribution >= 0.6 is 23.2 Å². The number of hydrogen-bond donors (Lipinski definition) is 1. The Balaban J connectivity index is 1.71. The molecule has 2 rings (SSSR count). The van der Waals surface area contributed by atoms with Crippen molar-refractivity contribution in [2.24, 2.45) is 0 Å². The molecule has 7 nitrogen and oxygen atoms in total. The van der Waals surface area contributed by atoms with Crippen molar-refractivity contribution >= 4 is 46.7 Å². The van der Waals surface area contributed by atoms with E-state index >= 15 is 0 Å². The van der Waals surface area contributed by atoms with Crippen molar-refractivity contribution in [3.8, 4) is 0 Å². The molecule has 1 aliphatic rings. The molecule has 9 heteroatoms. The summed E-state index contributed by atoms with van der Waals surface area (Å²) in [6, 6.07) is 5.38. The number of anilines is 1. The Kier molecular flexibility index (Phi) is 8.16. The van der Waals surface area contributed by atoms with Gasteiger partial charge in [-0.05, 0) is 39.0 Å². The SMILES string of the molecule is CC(C)(C)OC(=O)NCC(=O)CCC(=O)N1CCN(c2cc(Cl)cc(Cl)c2)CC1. The first kappa shape index (κ1) is 23.3. The van der Waals surface area contributed by atoms with Crippen molar-refractivity contribution < 1.29 is 19.1 Å². The van der Waals surface area contributed by atoms with Gasteiger partial charge in [-0.25, -0.2) is 4.79 Å². The number of carbonyl (C=O) groups excluding carboxylic acids is 3. The molecule has 0 radical (unpaired) electrons. The lowest BCUT2D eigenvalue weighted by Gasteiger charge is -2.36. The van der Waals surface area contributed by atoms with E-state index in [2.05, 4.69) is 10.2 Å². The normalized spacial score (nSPS) is 14.5. The second-order valence-electron chi connectivity index (χ2n) is 7.89. The quantitative estimate of drug-likeness (QED) is 0.727. The molecule has 1 heterocycles. The third-order valence-electron chi connectivity index (χ3n) is 4.29. The van der Waals surface area contributed by atoms with E-state index in [0.717, 1.165) is 5.69 Å². The van der Waals surface area contributed by atoms with Gasteiger partial charge in [0, 0.05) is 54.8 Å². The number of nitrogens with zero attached hydrogens (tertiary/aromatic N) is 2. The van der Waals surface area contributed by atoms with Gasteiger partial charge >= 0.3 is 6.09 Å². The van der Waals surface area contributed by atoms with E-state index in [4.69, 9.17) is 27.9 Å². The van der Waals surface area contributed by atoms with Gasteiger partial charge in [0.2, 0.25) is 5.91 Å². The molecule has 0 saturated carbocycles. The van der Waals surface area contributed by atoms with Gasteiger partial charge in [0.15, 0.2) is 5.78 Å². The van der Waals surface area contributed by atoms with Crippen molar-refractivity contribution in [2.75, 3.05) is 37.6 Å². The van der Waals surface area contributed by atoms with Crippen LogP contribution < -0.4 is 10.2 Å². The van der Waals surface area contributed by atoms with Crippen molar-refractivity contribution in [2.45, 2.75) is 39.2 Å². The Morgan fingerprint density at radius 1 is 1.00 bits per heavy atom. The van der Waals surface area contributed by atoms with Crippen LogP contribution in [0, 0.1) is 0 Å². The molecule has 1 fully saturated rings. The number of amides is 2. The minimum Gasteiger partial charge on any atom is -0.444 e. The van der Waals surface area contributed by atoms with Gasteiger partial charge in [-0.3, -0.25) is 9.59 Å². The van der Waals surface area contributed by atoms with Crippen molar-refractivity contribution in [3.63, 3.8) is 0 Å². The van der Waals surface area contributed by atoms with Crippen molar-refractivity contribution in [1.82, 2.24) is 10.2 Å². The molecule has 1 aromatic rings. The number of piperazine rings is 1. The van der Waals surface area contributed by atoms with Gasteiger partial charge in [-0.1, -0.05) is 23.2 Å². The highest BCUT2D eigenvalue weighted by Crippen LogP contribution is 2.26. The molecule has 1 aromatic carbocycles. The zero-order valence-corrected chi connectivity index (χ0v) is 18.5. The van der Waals surface area contributed by atoms with Gasteiger partial charge in [-0.15, -0.1) is 0 Å². The molecule has 2 amide bonds. The number of hydrogen-bond acceptors (Lipinski definition) is 5. The molecule has 160 valence electrons. The molecule has 1 saturated heterocycles. The Labute approximate surface area is 181 Å². The van der Waals surface area contributed by atoms with Crippen LogP contribution in [0.5, 0.6) is 0 Å². The number of halogens is 2. The fourth-order valence-electron chi connectivity index (χ4n) is 2.91. The summed E-state index contributed by atoms with van der Waals surface area (Å²) in [5.74, 6) is -0.282. The highest BCUT2D eigenvalue weighted by Gasteiger charge is 2.22. The maximum Gasteiger partial charge on any atom is 0.408 e. The first-order valence-electron chi connectivity index (χ1n) is 9.51. The van der Waals surface area contributed by atoms with E-state index in [9.17, 15) is 14.4 Å². The summed E-state index contributed by atoms with van der Waals surface area (Å²) in [7, 11) is 0. The van der Waals surface area contributed by atoms with E-state index in [1.54, 1.807) is 31.7 Å². The number of Topliss-reactive ketones (excluding diaryl/α,β-unsaturated/α-hetero) is 1. The van der Waals surface area contributed by atoms with Crippen LogP contribution in [0.15, 0.2) is 18.2 Å². The van der Waals surface area contributed by atoms with Gasteiger partial charge in [0.25, 0.3) is 0 Å². The first-order chi connectivity index (χ1) is 13.5. The highest BCUT2D eigenvalue weighted by atomic mass is 35.5. The van der Waals surface area contributed by atoms with E-state index in [0.29, 0.717) is 36.2 Å². The average molecular weight is 444 g/mol. The van der Waals surface area contributed by atoms with Crippen LogP contribution in [-0.4, -0.2) is 61.0 Å². The molecule has 0 unspecified atom stereocenters. The number of benzene rings is 1. The standard InChI is InChI=1S/C20H27Cl2N3O4/c1-20(2,3)29-19(28)23-13-17(26)4-5-18(27)25-8-6-24(7-9-25)16-11-14(21)10-15(22)12-16/h10-12H,4-9,13H2,1-3H3,(H,23,28). The maximum absolute atomic E-state index is 12.4. The van der Waals surface area contributed by atoms with Crippen LogP contribution in [0.1, 0.15) is 33.6 Å². The lowest BCUT2D eigenvalue weighted by molar-refractivity contribution is -0.133. The van der Waals surface area contributed by atoms with Crippen LogP contribution in [0.25, 0.3) is 0 Å². The van der Waals surface area contributed by atoms with Crippen LogP contribution in [0.2, 0.25) is 10.0 Å². The number of alkyl carbamates (subject to hydrolysis) is 1. The lowest BCUT2D eigenvalue weighted by atomic mass is 10.2. The van der Waals surface area contributed by atoms with E-state index < -0.39 is 11.7 Å². The smallest absolute Gasteiger partial charge is 0.408 e. The number of ketones is 1. The molecule has 1 N–H and O–H groups in total. The highest BCUT2D eigenvalue weighted by molar-refractivity contribution is 6.35. The Morgan fingerprint density at radius 2 is 1.59 bits per heavy atom. The van der Waals surface area contributed by atoms with Crippen LogP contribution in [0.3, 0.4) is 0 Å². The summed E-state index contributed by atoms with van der Waals surface area (Å²) in [5, 5.41) is 3.56. The summed E-state index contributed by atoms with van der Waals surface area (Å²) in [6.07, 6.45) is -0.439. The summed E-state index contributed by atoms with van der Waals surface area (Å²) in [4.78, 5) is 39.7. The summed E-state index contributed by atoms with van der Waals surface area (Å²) < 4.78 is 5.07. The largest absolute Gasteiger partial charge is 0.444 e. The molecule has 0 aliphatic carbocycles. The van der Waals surface area contributed by atoms with Gasteiger partial charge in [0.1, 0.15) is 5.60 Å². The third-order valence-corrected chi connectivity index (χ3v) is 4.73. The molecule has 29 heavy (non-hydrogen) atoms. The average Bonchev–Trinajstić information content (AvgIpc) is 2.62. The number of rotatable bonds is 6. The van der Waals surface area contributed by atoms with Crippen molar-refractivity contribution in [3.05, 3.63) is 28.2 Å². The second kappa shape index (κ2) is 10.2. The summed E-state index contributed by atoms with van der Waals surface area (Å²) >= 11 is 12.1. The van der Waals surface area contributed by atoms with E-state index in [1.165, 1.54) is 0 Å². The number of carbonyl (C=O) groups is 3. The fourth-order valence-corrected chi connectivity index (χ4v) is 3.43. The fraction of sp³-hybridized carbons (Fsp3) is 0.550. The Hall–Kier alpha value is -1.99. The van der Waals surface area contributed by atoms with E-state index in [-0.39, 0.29) is 31.1 Å². The predicted molar refractivity (Wildman–Crippen MR) is 114 cm³/mol. The molecule has 1 aliphatic heterocycles. The molecule has 0 spiro atoms. The maximum atomic E-state index is 12.4. The molecular weight excluding hydrogens is 417 g/mol. The Morgan fingerprint density at radius 3 is 2.14 bits per heavy atom. The van der Waals surface area contributed by atoms with Crippen LogP contribution in [0.4, 0.5) is 10.5 Å². The lowest BCUT2D eigenvalue weighted by Crippen LogP contribution is -2.48. The van der Waals surface area contributed by atoms with Crippen LogP contribution in [-0.2, 0) is 14.3 Å². The van der Waals surface area contributed by atoms with Gasteiger partial charge in [0.05, 0.1) is 6.54 Å². The van der Waals surface area contributed by atoms with Gasteiger partial charge in [-0.2, -0.15) is 0 Å². The molecule has 0 aromatic heterocycles. The Bertz CT molecular complexity index is 736.